The Morgan fingerprint density at radius 1 is 1.16 bits per heavy atom. The third kappa shape index (κ3) is 2.18. The Kier molecular flexibility index (Phi) is 3.14. The summed E-state index contributed by atoms with van der Waals surface area (Å²) in [5, 5.41) is 0.449. The van der Waals surface area contributed by atoms with Gasteiger partial charge in [-0.05, 0) is 25.0 Å². The van der Waals surface area contributed by atoms with Gasteiger partial charge in [0, 0.05) is 12.2 Å². The van der Waals surface area contributed by atoms with Crippen LogP contribution < -0.4 is 11.4 Å². The van der Waals surface area contributed by atoms with E-state index in [1.165, 1.54) is 21.6 Å². The molecule has 1 saturated carbocycles. The Hall–Kier alpha value is -1.62. The van der Waals surface area contributed by atoms with Gasteiger partial charge in [0.1, 0.15) is 5.65 Å². The molecule has 2 aromatic rings. The fraction of sp³-hybridized carbons (Fsp3) is 0.462. The van der Waals surface area contributed by atoms with Gasteiger partial charge in [0.25, 0.3) is 0 Å². The molecule has 100 valence electrons. The van der Waals surface area contributed by atoms with E-state index in [4.69, 9.17) is 11.6 Å². The molecular formula is C13H14ClN3O2. The number of hydrogen-bond acceptors (Lipinski definition) is 3. The van der Waals surface area contributed by atoms with Gasteiger partial charge in [0.05, 0.1) is 5.02 Å². The Labute approximate surface area is 114 Å². The maximum absolute atomic E-state index is 12.4. The fourth-order valence-electron chi connectivity index (χ4n) is 2.71. The summed E-state index contributed by atoms with van der Waals surface area (Å²) in [7, 11) is 0. The van der Waals surface area contributed by atoms with Gasteiger partial charge in [-0.1, -0.05) is 30.9 Å². The van der Waals surface area contributed by atoms with Crippen molar-refractivity contribution < 1.29 is 0 Å². The molecule has 0 spiro atoms. The standard InChI is InChI=1S/C13H14ClN3O2/c14-9-6-7-11-15-12(18)17(13(19)16(11)8-9)10-4-2-1-3-5-10/h6-8,10H,1-5H2. The lowest BCUT2D eigenvalue weighted by atomic mass is 9.95. The van der Waals surface area contributed by atoms with Crippen molar-refractivity contribution in [1.82, 2.24) is 14.0 Å². The van der Waals surface area contributed by atoms with E-state index in [-0.39, 0.29) is 11.7 Å². The lowest BCUT2D eigenvalue weighted by Gasteiger charge is -2.22. The highest BCUT2D eigenvalue weighted by Crippen LogP contribution is 2.25. The first-order valence-electron chi connectivity index (χ1n) is 6.47. The highest BCUT2D eigenvalue weighted by atomic mass is 35.5. The number of hydrogen-bond donors (Lipinski definition) is 0. The average molecular weight is 280 g/mol. The summed E-state index contributed by atoms with van der Waals surface area (Å²) in [6.07, 6.45) is 6.50. The predicted molar refractivity (Wildman–Crippen MR) is 72.9 cm³/mol. The molecule has 5 nitrogen and oxygen atoms in total. The van der Waals surface area contributed by atoms with Gasteiger partial charge in [-0.3, -0.25) is 4.40 Å². The first kappa shape index (κ1) is 12.4. The van der Waals surface area contributed by atoms with E-state index in [9.17, 15) is 9.59 Å². The van der Waals surface area contributed by atoms with Gasteiger partial charge >= 0.3 is 11.4 Å². The topological polar surface area (TPSA) is 56.4 Å². The van der Waals surface area contributed by atoms with Gasteiger partial charge < -0.3 is 0 Å². The molecule has 0 saturated heterocycles. The summed E-state index contributed by atoms with van der Waals surface area (Å²) in [6, 6.07) is 3.17. The van der Waals surface area contributed by atoms with Gasteiger partial charge in [0.2, 0.25) is 0 Å². The van der Waals surface area contributed by atoms with Crippen molar-refractivity contribution in [2.75, 3.05) is 0 Å². The minimum Gasteiger partial charge on any atom is -0.251 e. The van der Waals surface area contributed by atoms with Gasteiger partial charge in [-0.2, -0.15) is 4.98 Å². The number of rotatable bonds is 1. The lowest BCUT2D eigenvalue weighted by Crippen LogP contribution is -2.42. The molecule has 19 heavy (non-hydrogen) atoms. The number of pyridine rings is 1. The van der Waals surface area contributed by atoms with Crippen molar-refractivity contribution in [2.45, 2.75) is 38.1 Å². The molecule has 0 aromatic carbocycles. The van der Waals surface area contributed by atoms with Crippen molar-refractivity contribution in [3.63, 3.8) is 0 Å². The summed E-state index contributed by atoms with van der Waals surface area (Å²) in [4.78, 5) is 28.4. The maximum atomic E-state index is 12.4. The normalized spacial score (nSPS) is 16.9. The molecule has 0 atom stereocenters. The van der Waals surface area contributed by atoms with Crippen molar-refractivity contribution in [3.8, 4) is 0 Å². The summed E-state index contributed by atoms with van der Waals surface area (Å²) >= 11 is 5.89. The summed E-state index contributed by atoms with van der Waals surface area (Å²) in [5.41, 5.74) is -0.463. The first-order valence-corrected chi connectivity index (χ1v) is 6.85. The minimum atomic E-state index is -0.459. The van der Waals surface area contributed by atoms with E-state index >= 15 is 0 Å². The highest BCUT2D eigenvalue weighted by Gasteiger charge is 2.20. The summed E-state index contributed by atoms with van der Waals surface area (Å²) < 4.78 is 2.63. The van der Waals surface area contributed by atoms with Crippen LogP contribution >= 0.6 is 11.6 Å². The molecule has 0 amide bonds. The Morgan fingerprint density at radius 3 is 2.63 bits per heavy atom. The smallest absolute Gasteiger partial charge is 0.251 e. The third-order valence-corrected chi connectivity index (χ3v) is 3.88. The Morgan fingerprint density at radius 2 is 1.89 bits per heavy atom. The van der Waals surface area contributed by atoms with Gasteiger partial charge in [0.15, 0.2) is 0 Å². The molecular weight excluding hydrogens is 266 g/mol. The molecule has 2 aromatic heterocycles. The second-order valence-electron chi connectivity index (χ2n) is 4.91. The molecule has 1 fully saturated rings. The van der Waals surface area contributed by atoms with Crippen molar-refractivity contribution in [1.29, 1.82) is 0 Å². The monoisotopic (exact) mass is 279 g/mol. The average Bonchev–Trinajstić information content (AvgIpc) is 2.41. The zero-order valence-corrected chi connectivity index (χ0v) is 11.1. The molecule has 2 heterocycles. The van der Waals surface area contributed by atoms with E-state index in [1.54, 1.807) is 12.1 Å². The van der Waals surface area contributed by atoms with E-state index in [0.29, 0.717) is 10.7 Å². The maximum Gasteiger partial charge on any atom is 0.353 e. The second kappa shape index (κ2) is 4.81. The third-order valence-electron chi connectivity index (χ3n) is 3.66. The molecule has 0 N–H and O–H groups in total. The van der Waals surface area contributed by atoms with Crippen LogP contribution in [0.4, 0.5) is 0 Å². The van der Waals surface area contributed by atoms with Crippen LogP contribution in [0.15, 0.2) is 27.9 Å². The zero-order valence-electron chi connectivity index (χ0n) is 10.4. The van der Waals surface area contributed by atoms with Crippen LogP contribution in [-0.2, 0) is 0 Å². The molecule has 1 aliphatic carbocycles. The lowest BCUT2D eigenvalue weighted by molar-refractivity contribution is 0.331. The number of fused-ring (bicyclic) bond motifs is 1. The second-order valence-corrected chi connectivity index (χ2v) is 5.35. The van der Waals surface area contributed by atoms with Crippen molar-refractivity contribution >= 4 is 17.2 Å². The van der Waals surface area contributed by atoms with E-state index < -0.39 is 5.69 Å². The largest absolute Gasteiger partial charge is 0.353 e. The first-order chi connectivity index (χ1) is 9.16. The number of nitrogens with zero attached hydrogens (tertiary/aromatic N) is 3. The molecule has 3 rings (SSSR count). The summed E-state index contributed by atoms with van der Waals surface area (Å²) in [6.45, 7) is 0. The van der Waals surface area contributed by atoms with E-state index in [0.717, 1.165) is 25.7 Å². The van der Waals surface area contributed by atoms with E-state index in [2.05, 4.69) is 4.98 Å². The van der Waals surface area contributed by atoms with Crippen molar-refractivity contribution in [2.24, 2.45) is 0 Å². The quantitative estimate of drug-likeness (QED) is 0.802. The van der Waals surface area contributed by atoms with E-state index in [1.807, 2.05) is 0 Å². The molecule has 1 aliphatic rings. The van der Waals surface area contributed by atoms with Crippen LogP contribution in [-0.4, -0.2) is 14.0 Å². The van der Waals surface area contributed by atoms with Crippen LogP contribution in [0.5, 0.6) is 0 Å². The SMILES string of the molecule is O=c1nc2ccc(Cl)cn2c(=O)n1C1CCCCC1. The van der Waals surface area contributed by atoms with Crippen LogP contribution in [0.3, 0.4) is 0 Å². The van der Waals surface area contributed by atoms with Gasteiger partial charge in [-0.15, -0.1) is 0 Å². The number of aromatic nitrogens is 3. The molecule has 0 bridgehead atoms. The molecule has 6 heteroatoms. The fourth-order valence-corrected chi connectivity index (χ4v) is 2.87. The predicted octanol–water partition coefficient (Wildman–Crippen LogP) is 2.01. The zero-order chi connectivity index (χ0) is 13.4. The molecule has 0 unspecified atom stereocenters. The molecule has 0 radical (unpaired) electrons. The van der Waals surface area contributed by atoms with Crippen molar-refractivity contribution in [3.05, 3.63) is 44.3 Å². The highest BCUT2D eigenvalue weighted by molar-refractivity contribution is 6.30. The van der Waals surface area contributed by atoms with Crippen LogP contribution in [0.25, 0.3) is 5.65 Å². The van der Waals surface area contributed by atoms with Crippen LogP contribution in [0, 0.1) is 0 Å². The Balaban J connectivity index is 2.24. The van der Waals surface area contributed by atoms with Crippen LogP contribution in [0.2, 0.25) is 5.02 Å². The number of halogens is 1. The van der Waals surface area contributed by atoms with Gasteiger partial charge in [-0.25, -0.2) is 14.2 Å². The van der Waals surface area contributed by atoms with Crippen LogP contribution in [0.1, 0.15) is 38.1 Å². The summed E-state index contributed by atoms with van der Waals surface area (Å²) in [5.74, 6) is 0. The molecule has 0 aliphatic heterocycles. The Bertz CT molecular complexity index is 729. The minimum absolute atomic E-state index is 0.0304.